The topological polar surface area (TPSA) is 124 Å². The molecule has 1 aliphatic heterocycles. The Morgan fingerprint density at radius 2 is 0.578 bits per heavy atom. The van der Waals surface area contributed by atoms with Gasteiger partial charge in [0.2, 0.25) is 0 Å². The van der Waals surface area contributed by atoms with E-state index in [2.05, 4.69) is 449 Å². The van der Waals surface area contributed by atoms with Gasteiger partial charge in [0.1, 0.15) is 0 Å². The van der Waals surface area contributed by atoms with E-state index in [1.54, 1.807) is 0 Å². The van der Waals surface area contributed by atoms with Crippen LogP contribution in [0.5, 0.6) is 0 Å². The van der Waals surface area contributed by atoms with Crippen LogP contribution in [0.25, 0.3) is 219 Å². The number of fused-ring (bicyclic) bond motifs is 24. The second-order valence-electron chi connectivity index (χ2n) is 40.0. The first-order valence-electron chi connectivity index (χ1n) is 50.4. The minimum atomic E-state index is -0.635. The lowest BCUT2D eigenvalue weighted by Gasteiger charge is -2.31. The van der Waals surface area contributed by atoms with Gasteiger partial charge in [-0.15, -0.1) is 0 Å². The number of nitrogens with zero attached hydrogens (tertiary/aromatic N) is 11. The molecule has 1 spiro atoms. The highest BCUT2D eigenvalue weighted by Crippen LogP contribution is 2.66. The molecule has 0 amide bonds. The predicted octanol–water partition coefficient (Wildman–Crippen LogP) is 33.0. The van der Waals surface area contributed by atoms with Gasteiger partial charge in [-0.2, -0.15) is 0 Å². The Morgan fingerprint density at radius 3 is 1.20 bits per heavy atom. The van der Waals surface area contributed by atoms with E-state index in [1.807, 2.05) is 54.6 Å². The molecule has 0 bridgehead atoms. The van der Waals surface area contributed by atoms with Crippen molar-refractivity contribution >= 4 is 38.7 Å². The number of anilines is 3. The van der Waals surface area contributed by atoms with Crippen molar-refractivity contribution in [3.8, 4) is 197 Å². The molecule has 0 saturated heterocycles. The first kappa shape index (κ1) is 84.9. The minimum Gasteiger partial charge on any atom is -0.309 e. The molecule has 20 aromatic carbocycles. The number of aromatic nitrogens is 10. The van der Waals surface area contributed by atoms with Gasteiger partial charge in [0.15, 0.2) is 52.4 Å². The van der Waals surface area contributed by atoms with E-state index in [-0.39, 0.29) is 5.41 Å². The van der Waals surface area contributed by atoms with Crippen LogP contribution in [0.15, 0.2) is 473 Å². The lowest BCUT2D eigenvalue weighted by Crippen LogP contribution is -2.26. The summed E-state index contributed by atoms with van der Waals surface area (Å²) < 4.78 is 2.44. The fourth-order valence-corrected chi connectivity index (χ4v) is 24.5. The molecule has 11 heteroatoms. The molecule has 688 valence electrons. The van der Waals surface area contributed by atoms with Gasteiger partial charge >= 0.3 is 0 Å². The van der Waals surface area contributed by atoms with Crippen molar-refractivity contribution in [3.05, 3.63) is 523 Å². The number of hydrogen-bond acceptors (Lipinski definition) is 10. The molecule has 0 fully saturated rings. The van der Waals surface area contributed by atoms with Crippen molar-refractivity contribution in [2.24, 2.45) is 0 Å². The summed E-state index contributed by atoms with van der Waals surface area (Å²) in [4.78, 5) is 50.7. The molecule has 2 unspecified atom stereocenters. The summed E-state index contributed by atoms with van der Waals surface area (Å²) in [6.45, 7) is 7.10. The molecule has 11 nitrogen and oxygen atoms in total. The van der Waals surface area contributed by atoms with Crippen LogP contribution in [0.4, 0.5) is 17.1 Å². The second kappa shape index (κ2) is 33.3. The first-order chi connectivity index (χ1) is 72.4. The fourth-order valence-electron chi connectivity index (χ4n) is 24.5. The average Bonchev–Trinajstić information content (AvgIpc) is 1.50. The molecule has 24 aromatic rings. The summed E-state index contributed by atoms with van der Waals surface area (Å²) in [7, 11) is 0. The molecule has 5 heterocycles. The van der Waals surface area contributed by atoms with E-state index in [0.717, 1.165) is 123 Å². The molecule has 0 saturated carbocycles. The third-order valence-electron chi connectivity index (χ3n) is 31.4. The van der Waals surface area contributed by atoms with Crippen molar-refractivity contribution in [2.75, 3.05) is 4.90 Å². The molecule has 0 N–H and O–H groups in total. The van der Waals surface area contributed by atoms with Crippen LogP contribution in [0.2, 0.25) is 0 Å². The summed E-state index contributed by atoms with van der Waals surface area (Å²) >= 11 is 0. The Balaban J connectivity index is 0.484. The van der Waals surface area contributed by atoms with Gasteiger partial charge in [-0.05, 0) is 207 Å². The maximum atomic E-state index is 5.59. The van der Waals surface area contributed by atoms with Gasteiger partial charge in [-0.25, -0.2) is 44.9 Å². The van der Waals surface area contributed by atoms with Crippen molar-refractivity contribution in [2.45, 2.75) is 43.4 Å². The summed E-state index contributed by atoms with van der Waals surface area (Å²) in [5.41, 5.74) is 42.4. The van der Waals surface area contributed by atoms with E-state index in [0.29, 0.717) is 52.4 Å². The maximum Gasteiger partial charge on any atom is 0.164 e. The maximum absolute atomic E-state index is 5.59. The van der Waals surface area contributed by atoms with Crippen LogP contribution < -0.4 is 4.90 Å². The zero-order valence-corrected chi connectivity index (χ0v) is 80.7. The molecular weight excluding hydrogens is 1790 g/mol. The van der Waals surface area contributed by atoms with Crippen molar-refractivity contribution < 1.29 is 0 Å². The molecule has 4 aromatic heterocycles. The Kier molecular flexibility index (Phi) is 19.2. The summed E-state index contributed by atoms with van der Waals surface area (Å²) in [6.07, 6.45) is 0.728. The van der Waals surface area contributed by atoms with Crippen molar-refractivity contribution in [1.82, 2.24) is 49.4 Å². The third kappa shape index (κ3) is 13.5. The second-order valence-corrected chi connectivity index (χ2v) is 40.0. The predicted molar refractivity (Wildman–Crippen MR) is 596 cm³/mol. The molecular formula is C136H89N11. The SMILES string of the molecule is CC1(C)c2ccccc2-c2ccc(-c3nc(-c4ccc5c(c4)C(C)(Cc4ccc6c(c4)-c4ccccc4C64c6ccccc6-c6c(-c7nc(-c8ccccc8)nc(-c8ccccc8)n7)cccc64)c4ccccc4-5)nc(-c4ccc5cc(-c6ccc(-c7nc(-c8ccccc8)nc(-c8cccc(-c9ccc(N%10c%11ccccc%11-c%11c(n(-c%12ccccc%12)c%12ccccc%11%12)-c%11ccccc%11%10)cc9)c8)n7)cc6)ccc5c4)n3)cc21. The van der Waals surface area contributed by atoms with E-state index >= 15 is 0 Å². The lowest BCUT2D eigenvalue weighted by atomic mass is 9.70. The van der Waals surface area contributed by atoms with Crippen LogP contribution in [0.3, 0.4) is 0 Å². The van der Waals surface area contributed by atoms with Crippen LogP contribution in [0, 0.1) is 0 Å². The smallest absolute Gasteiger partial charge is 0.164 e. The van der Waals surface area contributed by atoms with Crippen LogP contribution in [-0.4, -0.2) is 49.4 Å². The molecule has 4 aliphatic carbocycles. The normalized spacial score (nSPS) is 14.8. The van der Waals surface area contributed by atoms with Crippen LogP contribution in [-0.2, 0) is 22.7 Å². The number of para-hydroxylation sites is 4. The number of benzene rings is 20. The Morgan fingerprint density at radius 1 is 0.204 bits per heavy atom. The largest absolute Gasteiger partial charge is 0.309 e. The minimum absolute atomic E-state index is 0.252. The van der Waals surface area contributed by atoms with E-state index < -0.39 is 10.8 Å². The highest BCUT2D eigenvalue weighted by Gasteiger charge is 2.53. The lowest BCUT2D eigenvalue weighted by molar-refractivity contribution is 0.583. The van der Waals surface area contributed by atoms with E-state index in [4.69, 9.17) is 44.9 Å². The highest BCUT2D eigenvalue weighted by molar-refractivity contribution is 6.13. The molecule has 5 aliphatic rings. The summed E-state index contributed by atoms with van der Waals surface area (Å²) in [5, 5.41) is 3.35. The third-order valence-corrected chi connectivity index (χ3v) is 31.4. The zero-order valence-electron chi connectivity index (χ0n) is 80.7. The fraction of sp³-hybridized carbons (Fsp3) is 0.0515. The van der Waals surface area contributed by atoms with Gasteiger partial charge in [0.05, 0.1) is 28.0 Å². The van der Waals surface area contributed by atoms with Crippen molar-refractivity contribution in [3.63, 3.8) is 0 Å². The highest BCUT2D eigenvalue weighted by atomic mass is 15.2. The Bertz CT molecular complexity index is 9510. The van der Waals surface area contributed by atoms with Crippen molar-refractivity contribution in [1.29, 1.82) is 0 Å². The van der Waals surface area contributed by atoms with Gasteiger partial charge in [0.25, 0.3) is 0 Å². The summed E-state index contributed by atoms with van der Waals surface area (Å²) in [6, 6.07) is 171. The average molecular weight is 1880 g/mol. The monoisotopic (exact) mass is 1880 g/mol. The molecule has 2 atom stereocenters. The number of rotatable bonds is 15. The molecule has 147 heavy (non-hydrogen) atoms. The van der Waals surface area contributed by atoms with Crippen LogP contribution >= 0.6 is 0 Å². The Hall–Kier alpha value is -19.0. The van der Waals surface area contributed by atoms with E-state index in [1.165, 1.54) is 117 Å². The van der Waals surface area contributed by atoms with Gasteiger partial charge in [-0.3, -0.25) is 0 Å². The molecule has 0 radical (unpaired) electrons. The quantitative estimate of drug-likeness (QED) is 0.0980. The number of hydrogen-bond donors (Lipinski definition) is 0. The first-order valence-corrected chi connectivity index (χ1v) is 50.4. The van der Waals surface area contributed by atoms with Gasteiger partial charge in [0, 0.05) is 94.4 Å². The standard InChI is InChI=1S/C136H89N11/c1-134(2)111-50-23-16-42-100(111)103-73-69-96(80-117(103)134)131-141-130(142-132(143-131)97-70-74-104-101-43-17-24-51-112(101)135(3,118(104)81-97)82-83-58-75-115-110(76-83)102-44-18-25-52-113(102)136(115)114-53-26-19-45-105(114)122-109(49-31-54-116(122)136)133-144-126(87-34-10-5-11-35-87)138-127(145-133)88-36-12-6-13-37-88)95-66-65-92-77-91(63-64-93(92)79-95)84-59-61-89(62-60-84)128-137-125(86-32-8-4-9-33-86)139-129(140-128)94-39-30-38-90(78-94)85-67-71-99(72-68-85)146-119-55-27-20-46-106(119)123-107-47-21-28-56-120(107)147(98-40-14-7-15-41-98)124(123)108-48-22-29-57-121(108)146/h4-81H,82H2,1-3H3. The van der Waals surface area contributed by atoms with Crippen LogP contribution in [0.1, 0.15) is 70.8 Å². The molecule has 29 rings (SSSR count). The summed E-state index contributed by atoms with van der Waals surface area (Å²) in [5.74, 6) is 5.45. The Labute approximate surface area is 851 Å². The van der Waals surface area contributed by atoms with Gasteiger partial charge in [-0.1, -0.05) is 421 Å². The van der Waals surface area contributed by atoms with E-state index in [9.17, 15) is 0 Å². The van der Waals surface area contributed by atoms with Gasteiger partial charge < -0.3 is 9.47 Å². The zero-order chi connectivity index (χ0) is 97.3.